The van der Waals surface area contributed by atoms with Crippen LogP contribution >= 0.6 is 7.75 Å². The third-order valence-electron chi connectivity index (χ3n) is 3.37. The first-order chi connectivity index (χ1) is 12.2. The molecule has 0 aliphatic heterocycles. The minimum Gasteiger partial charge on any atom is -0.491 e. The Labute approximate surface area is 151 Å². The number of ether oxygens (including phenoxy) is 2. The van der Waals surface area contributed by atoms with Crippen LogP contribution < -0.4 is 9.41 Å². The molecule has 3 N–H and O–H groups in total. The van der Waals surface area contributed by atoms with Crippen molar-refractivity contribution >= 4 is 25.3 Å². The van der Waals surface area contributed by atoms with Crippen LogP contribution in [0.1, 0.15) is 33.1 Å². The molecule has 0 spiro atoms. The minimum absolute atomic E-state index is 0.0230. The van der Waals surface area contributed by atoms with Crippen molar-refractivity contribution in [2.75, 3.05) is 17.9 Å². The van der Waals surface area contributed by atoms with Crippen molar-refractivity contribution in [3.05, 3.63) is 24.3 Å². The van der Waals surface area contributed by atoms with Gasteiger partial charge in [0.1, 0.15) is 11.9 Å². The number of carbonyl (C=O) groups excluding carboxylic acids is 1. The average Bonchev–Trinajstić information content (AvgIpc) is 2.56. The summed E-state index contributed by atoms with van der Waals surface area (Å²) in [4.78, 5) is 42.6. The lowest BCUT2D eigenvalue weighted by atomic mass is 10.2. The van der Waals surface area contributed by atoms with E-state index in [1.165, 1.54) is 18.2 Å². The van der Waals surface area contributed by atoms with Crippen molar-refractivity contribution in [2.24, 2.45) is 0 Å². The van der Waals surface area contributed by atoms with Crippen LogP contribution in [0.3, 0.4) is 0 Å². The molecule has 1 rings (SSSR count). The van der Waals surface area contributed by atoms with Crippen LogP contribution in [0.5, 0.6) is 5.75 Å². The van der Waals surface area contributed by atoms with Gasteiger partial charge in [0.2, 0.25) is 0 Å². The number of hydrogen-bond acceptors (Lipinski definition) is 5. The molecule has 0 saturated heterocycles. The molecule has 0 bridgehead atoms. The summed E-state index contributed by atoms with van der Waals surface area (Å²) < 4.78 is 23.1. The van der Waals surface area contributed by atoms with Crippen molar-refractivity contribution in [1.82, 2.24) is 0 Å². The van der Waals surface area contributed by atoms with E-state index < -0.39 is 25.7 Å². The van der Waals surface area contributed by atoms with E-state index >= 15 is 0 Å². The second-order valence-electron chi connectivity index (χ2n) is 5.33. The fourth-order valence-electron chi connectivity index (χ4n) is 2.25. The highest BCUT2D eigenvalue weighted by Crippen LogP contribution is 2.47. The molecule has 0 aromatic heterocycles. The first kappa shape index (κ1) is 22.1. The van der Waals surface area contributed by atoms with Gasteiger partial charge in [-0.1, -0.05) is 19.1 Å². The quantitative estimate of drug-likeness (QED) is 0.387. The standard InChI is InChI=1S/C16H24NO8P/c1-3-13(24-4-2)16(20)17(26(21,22)23)12-8-5-6-9-14(12)25-11-7-10-15(18)19/h5-6,8-9,13H,3-4,7,10-11H2,1-2H3,(H,18,19)(H2,21,22,23). The summed E-state index contributed by atoms with van der Waals surface area (Å²) in [5.74, 6) is -1.78. The van der Waals surface area contributed by atoms with Crippen molar-refractivity contribution in [3.63, 3.8) is 0 Å². The third-order valence-corrected chi connectivity index (χ3v) is 4.30. The largest absolute Gasteiger partial charge is 0.491 e. The summed E-state index contributed by atoms with van der Waals surface area (Å²) in [6, 6.07) is 5.89. The maximum Gasteiger partial charge on any atom is 0.437 e. The van der Waals surface area contributed by atoms with Crippen LogP contribution in [-0.2, 0) is 18.9 Å². The predicted molar refractivity (Wildman–Crippen MR) is 94.0 cm³/mol. The summed E-state index contributed by atoms with van der Waals surface area (Å²) in [6.07, 6.45) is -0.659. The lowest BCUT2D eigenvalue weighted by molar-refractivity contribution is -0.137. The molecule has 26 heavy (non-hydrogen) atoms. The zero-order chi connectivity index (χ0) is 19.7. The van der Waals surface area contributed by atoms with Crippen molar-refractivity contribution in [3.8, 4) is 5.75 Å². The lowest BCUT2D eigenvalue weighted by Crippen LogP contribution is -2.38. The summed E-state index contributed by atoms with van der Waals surface area (Å²) in [5.41, 5.74) is -0.0979. The number of aliphatic carboxylic acids is 1. The van der Waals surface area contributed by atoms with Crippen LogP contribution in [0, 0.1) is 0 Å². The van der Waals surface area contributed by atoms with Gasteiger partial charge < -0.3 is 24.4 Å². The van der Waals surface area contributed by atoms with Crippen molar-refractivity contribution < 1.29 is 38.5 Å². The number of carbonyl (C=O) groups is 2. The molecule has 0 aliphatic carbocycles. The molecule has 10 heteroatoms. The maximum absolute atomic E-state index is 12.7. The molecule has 1 amide bonds. The SMILES string of the molecule is CCOC(CC)C(=O)N(c1ccccc1OCCCC(=O)O)P(=O)(O)O. The Bertz CT molecular complexity index is 659. The highest BCUT2D eigenvalue weighted by molar-refractivity contribution is 7.54. The van der Waals surface area contributed by atoms with Gasteiger partial charge in [0.05, 0.1) is 12.3 Å². The number of hydrogen-bond donors (Lipinski definition) is 3. The van der Waals surface area contributed by atoms with Crippen LogP contribution in [0.25, 0.3) is 0 Å². The van der Waals surface area contributed by atoms with Crippen LogP contribution in [0.15, 0.2) is 24.3 Å². The van der Waals surface area contributed by atoms with Crippen LogP contribution in [-0.4, -0.2) is 46.1 Å². The molecule has 0 aliphatic rings. The van der Waals surface area contributed by atoms with E-state index in [4.69, 9.17) is 14.6 Å². The molecule has 1 aromatic rings. The van der Waals surface area contributed by atoms with Gasteiger partial charge >= 0.3 is 13.7 Å². The molecule has 1 unspecified atom stereocenters. The number of anilines is 1. The van der Waals surface area contributed by atoms with Crippen LogP contribution in [0.2, 0.25) is 0 Å². The topological polar surface area (TPSA) is 134 Å². The monoisotopic (exact) mass is 389 g/mol. The van der Waals surface area contributed by atoms with Gasteiger partial charge in [0.25, 0.3) is 5.91 Å². The molecular formula is C16H24NO8P. The Kier molecular flexibility index (Phi) is 8.74. The predicted octanol–water partition coefficient (Wildman–Crippen LogP) is 2.17. The highest BCUT2D eigenvalue weighted by Gasteiger charge is 2.38. The Hall–Kier alpha value is -1.93. The molecule has 9 nitrogen and oxygen atoms in total. The van der Waals surface area contributed by atoms with E-state index in [2.05, 4.69) is 0 Å². The minimum atomic E-state index is -5.00. The number of rotatable bonds is 11. The second kappa shape index (κ2) is 10.3. The molecular weight excluding hydrogens is 365 g/mol. The van der Waals surface area contributed by atoms with E-state index in [1.807, 2.05) is 0 Å². The van der Waals surface area contributed by atoms with E-state index in [-0.39, 0.29) is 43.9 Å². The van der Waals surface area contributed by atoms with Gasteiger partial charge in [0.15, 0.2) is 0 Å². The van der Waals surface area contributed by atoms with E-state index in [0.29, 0.717) is 4.67 Å². The molecule has 0 radical (unpaired) electrons. The average molecular weight is 389 g/mol. The van der Waals surface area contributed by atoms with Crippen molar-refractivity contribution in [2.45, 2.75) is 39.2 Å². The molecule has 1 aromatic carbocycles. The summed E-state index contributed by atoms with van der Waals surface area (Å²) in [5, 5.41) is 8.65. The normalized spacial score (nSPS) is 12.5. The molecule has 0 heterocycles. The molecule has 0 fully saturated rings. The lowest BCUT2D eigenvalue weighted by Gasteiger charge is -2.28. The number of benzene rings is 1. The van der Waals surface area contributed by atoms with Gasteiger partial charge in [-0.3, -0.25) is 9.59 Å². The first-order valence-corrected chi connectivity index (χ1v) is 9.74. The van der Waals surface area contributed by atoms with Gasteiger partial charge in [0, 0.05) is 13.0 Å². The Morgan fingerprint density at radius 3 is 2.42 bits per heavy atom. The zero-order valence-corrected chi connectivity index (χ0v) is 15.6. The highest BCUT2D eigenvalue weighted by atomic mass is 31.2. The third kappa shape index (κ3) is 6.42. The first-order valence-electron chi connectivity index (χ1n) is 8.17. The Morgan fingerprint density at radius 2 is 1.88 bits per heavy atom. The summed E-state index contributed by atoms with van der Waals surface area (Å²) in [6.45, 7) is 3.59. The molecule has 146 valence electrons. The summed E-state index contributed by atoms with van der Waals surface area (Å²) >= 11 is 0. The smallest absolute Gasteiger partial charge is 0.437 e. The Morgan fingerprint density at radius 1 is 1.23 bits per heavy atom. The number of amides is 1. The molecule has 0 saturated carbocycles. The van der Waals surface area contributed by atoms with E-state index in [1.54, 1.807) is 19.9 Å². The molecule has 1 atom stereocenters. The fourth-order valence-corrected chi connectivity index (χ4v) is 3.08. The van der Waals surface area contributed by atoms with Crippen LogP contribution in [0.4, 0.5) is 5.69 Å². The van der Waals surface area contributed by atoms with Gasteiger partial charge in [-0.2, -0.15) is 0 Å². The van der Waals surface area contributed by atoms with E-state index in [0.717, 1.165) is 0 Å². The van der Waals surface area contributed by atoms with Gasteiger partial charge in [-0.15, -0.1) is 0 Å². The number of carboxylic acid groups (broad SMARTS) is 1. The summed E-state index contributed by atoms with van der Waals surface area (Å²) in [7, 11) is -5.00. The maximum atomic E-state index is 12.7. The number of nitrogens with zero attached hydrogens (tertiary/aromatic N) is 1. The second-order valence-corrected chi connectivity index (χ2v) is 6.76. The van der Waals surface area contributed by atoms with Crippen molar-refractivity contribution in [1.29, 1.82) is 0 Å². The van der Waals surface area contributed by atoms with E-state index in [9.17, 15) is 23.9 Å². The number of carboxylic acids is 1. The zero-order valence-electron chi connectivity index (χ0n) is 14.7. The fraction of sp³-hybridized carbons (Fsp3) is 0.500. The Balaban J connectivity index is 3.13. The van der Waals surface area contributed by atoms with Gasteiger partial charge in [-0.05, 0) is 31.9 Å². The number of para-hydroxylation sites is 2. The van der Waals surface area contributed by atoms with Gasteiger partial charge in [-0.25, -0.2) is 9.24 Å².